The predicted molar refractivity (Wildman–Crippen MR) is 87.7 cm³/mol. The van der Waals surface area contributed by atoms with E-state index in [2.05, 4.69) is 32.4 Å². The van der Waals surface area contributed by atoms with Crippen LogP contribution in [0.3, 0.4) is 0 Å². The summed E-state index contributed by atoms with van der Waals surface area (Å²) in [4.78, 5) is 0. The highest BCUT2D eigenvalue weighted by atomic mass is 16.5. The summed E-state index contributed by atoms with van der Waals surface area (Å²) >= 11 is 0. The van der Waals surface area contributed by atoms with E-state index >= 15 is 0 Å². The summed E-state index contributed by atoms with van der Waals surface area (Å²) in [5, 5.41) is 20.3. The molecule has 7 heteroatoms. The highest BCUT2D eigenvalue weighted by Gasteiger charge is 2.08. The van der Waals surface area contributed by atoms with Gasteiger partial charge >= 0.3 is 6.01 Å². The van der Waals surface area contributed by atoms with Crippen LogP contribution in [0.4, 0.5) is 0 Å². The molecular weight excluding hydrogens is 292 g/mol. The lowest BCUT2D eigenvalue weighted by Gasteiger charge is -2.04. The lowest BCUT2D eigenvalue weighted by molar-refractivity contribution is 0.272. The topological polar surface area (TPSA) is 78.6 Å². The first-order valence-electron chi connectivity index (χ1n) is 8.44. The molecule has 0 spiro atoms. The van der Waals surface area contributed by atoms with Gasteiger partial charge in [-0.25, -0.2) is 4.68 Å². The smallest absolute Gasteiger partial charge is 0.355 e. The quantitative estimate of drug-likeness (QED) is 0.626. The Bertz CT molecular complexity index is 581. The van der Waals surface area contributed by atoms with E-state index in [0.717, 1.165) is 17.8 Å². The summed E-state index contributed by atoms with van der Waals surface area (Å²) in [6.07, 6.45) is 8.71. The Hall–Kier alpha value is -2.05. The van der Waals surface area contributed by atoms with Crippen molar-refractivity contribution in [1.82, 2.24) is 30.2 Å². The maximum Gasteiger partial charge on any atom is 0.355 e. The Balaban J connectivity index is 1.70. The molecule has 0 aliphatic carbocycles. The second-order valence-electron chi connectivity index (χ2n) is 5.79. The van der Waals surface area contributed by atoms with E-state index in [0.29, 0.717) is 12.6 Å². The van der Waals surface area contributed by atoms with Crippen molar-refractivity contribution >= 4 is 0 Å². The molecule has 2 aromatic rings. The van der Waals surface area contributed by atoms with Gasteiger partial charge in [-0.1, -0.05) is 55.6 Å². The van der Waals surface area contributed by atoms with Crippen LogP contribution in [0.1, 0.15) is 63.3 Å². The van der Waals surface area contributed by atoms with Crippen LogP contribution in [0.5, 0.6) is 6.01 Å². The van der Waals surface area contributed by atoms with Gasteiger partial charge < -0.3 is 4.74 Å². The van der Waals surface area contributed by atoms with Gasteiger partial charge in [0.15, 0.2) is 0 Å². The third-order valence-electron chi connectivity index (χ3n) is 3.63. The molecule has 0 unspecified atom stereocenters. The van der Waals surface area contributed by atoms with Gasteiger partial charge in [0.05, 0.1) is 12.3 Å². The number of hydrogen-bond acceptors (Lipinski definition) is 6. The van der Waals surface area contributed by atoms with E-state index in [9.17, 15) is 0 Å². The lowest BCUT2D eigenvalue weighted by atomic mass is 10.1. The average Bonchev–Trinajstić information content (AvgIpc) is 2.89. The zero-order valence-corrected chi connectivity index (χ0v) is 14.3. The Morgan fingerprint density at radius 1 is 0.913 bits per heavy atom. The van der Waals surface area contributed by atoms with Crippen molar-refractivity contribution in [2.75, 3.05) is 6.61 Å². The Morgan fingerprint density at radius 3 is 2.17 bits per heavy atom. The summed E-state index contributed by atoms with van der Waals surface area (Å²) in [6, 6.07) is 2.18. The number of aromatic nitrogens is 6. The molecule has 2 rings (SSSR count). The van der Waals surface area contributed by atoms with E-state index in [-0.39, 0.29) is 6.01 Å². The van der Waals surface area contributed by atoms with Crippen molar-refractivity contribution in [1.29, 1.82) is 0 Å². The van der Waals surface area contributed by atoms with Gasteiger partial charge in [-0.3, -0.25) is 0 Å². The molecule has 7 nitrogen and oxygen atoms in total. The van der Waals surface area contributed by atoms with Crippen molar-refractivity contribution in [3.63, 3.8) is 0 Å². The first-order valence-corrected chi connectivity index (χ1v) is 8.44. The van der Waals surface area contributed by atoms with E-state index in [1.807, 2.05) is 19.9 Å². The molecule has 0 saturated carbocycles. The molecule has 0 bridgehead atoms. The number of hydrogen-bond donors (Lipinski definition) is 0. The van der Waals surface area contributed by atoms with E-state index in [1.165, 1.54) is 38.5 Å². The average molecular weight is 318 g/mol. The van der Waals surface area contributed by atoms with Crippen molar-refractivity contribution in [3.05, 3.63) is 17.5 Å². The van der Waals surface area contributed by atoms with Crippen LogP contribution in [-0.2, 0) is 0 Å². The number of nitrogens with zero attached hydrogens (tertiary/aromatic N) is 6. The first-order chi connectivity index (χ1) is 11.2. The highest BCUT2D eigenvalue weighted by molar-refractivity contribution is 5.16. The molecule has 0 saturated heterocycles. The number of unbranched alkanes of at least 4 members (excludes halogenated alkanes) is 6. The van der Waals surface area contributed by atoms with E-state index in [4.69, 9.17) is 4.74 Å². The molecule has 2 heterocycles. The van der Waals surface area contributed by atoms with Crippen LogP contribution in [0.15, 0.2) is 6.07 Å². The minimum absolute atomic E-state index is 0.223. The van der Waals surface area contributed by atoms with Crippen LogP contribution >= 0.6 is 0 Å². The predicted octanol–water partition coefficient (Wildman–Crippen LogP) is 3.20. The summed E-state index contributed by atoms with van der Waals surface area (Å²) < 4.78 is 7.10. The second kappa shape index (κ2) is 9.17. The summed E-state index contributed by atoms with van der Waals surface area (Å²) in [5.41, 5.74) is 1.85. The van der Waals surface area contributed by atoms with Crippen LogP contribution in [0.2, 0.25) is 0 Å². The zero-order chi connectivity index (χ0) is 16.5. The van der Waals surface area contributed by atoms with Gasteiger partial charge in [-0.05, 0) is 26.3 Å². The van der Waals surface area contributed by atoms with Gasteiger partial charge in [0, 0.05) is 5.69 Å². The molecule has 0 aromatic carbocycles. The third kappa shape index (κ3) is 5.58. The molecular formula is C16H26N6O. The summed E-state index contributed by atoms with van der Waals surface area (Å²) in [5.74, 6) is 0.360. The van der Waals surface area contributed by atoms with Crippen molar-refractivity contribution in [3.8, 4) is 12.0 Å². The van der Waals surface area contributed by atoms with Gasteiger partial charge in [0.1, 0.15) is 0 Å². The van der Waals surface area contributed by atoms with E-state index < -0.39 is 0 Å². The van der Waals surface area contributed by atoms with Crippen molar-refractivity contribution in [2.24, 2.45) is 0 Å². The number of rotatable bonds is 10. The molecule has 0 aliphatic rings. The fourth-order valence-electron chi connectivity index (χ4n) is 2.41. The molecule has 23 heavy (non-hydrogen) atoms. The normalized spacial score (nSPS) is 10.9. The zero-order valence-electron chi connectivity index (χ0n) is 14.3. The van der Waals surface area contributed by atoms with Gasteiger partial charge in [0.2, 0.25) is 0 Å². The van der Waals surface area contributed by atoms with Crippen molar-refractivity contribution < 1.29 is 4.74 Å². The fourth-order valence-corrected chi connectivity index (χ4v) is 2.41. The first kappa shape index (κ1) is 17.3. The maximum atomic E-state index is 5.48. The Labute approximate surface area is 137 Å². The Kier molecular flexibility index (Phi) is 6.90. The minimum Gasteiger partial charge on any atom is -0.461 e. The van der Waals surface area contributed by atoms with Crippen LogP contribution in [0, 0.1) is 13.8 Å². The van der Waals surface area contributed by atoms with Crippen LogP contribution < -0.4 is 4.74 Å². The lowest BCUT2D eigenvalue weighted by Crippen LogP contribution is -2.10. The third-order valence-corrected chi connectivity index (χ3v) is 3.63. The second-order valence-corrected chi connectivity index (χ2v) is 5.79. The fraction of sp³-hybridized carbons (Fsp3) is 0.688. The molecule has 0 N–H and O–H groups in total. The van der Waals surface area contributed by atoms with Gasteiger partial charge in [-0.15, -0.1) is 10.2 Å². The van der Waals surface area contributed by atoms with Crippen LogP contribution in [0.25, 0.3) is 5.95 Å². The molecule has 0 fully saturated rings. The Morgan fingerprint density at radius 2 is 1.57 bits per heavy atom. The molecule has 126 valence electrons. The standard InChI is InChI=1S/C16H26N6O/c1-4-5-6-7-8-9-10-11-23-16-19-17-15(18-20-16)22-14(3)12-13(2)21-22/h12H,4-11H2,1-3H3. The van der Waals surface area contributed by atoms with E-state index in [1.54, 1.807) is 4.68 Å². The maximum absolute atomic E-state index is 5.48. The summed E-state index contributed by atoms with van der Waals surface area (Å²) in [6.45, 7) is 6.70. The largest absolute Gasteiger partial charge is 0.461 e. The summed E-state index contributed by atoms with van der Waals surface area (Å²) in [7, 11) is 0. The highest BCUT2D eigenvalue weighted by Crippen LogP contribution is 2.09. The van der Waals surface area contributed by atoms with Crippen LogP contribution in [-0.4, -0.2) is 36.8 Å². The molecule has 0 radical (unpaired) electrons. The van der Waals surface area contributed by atoms with Crippen molar-refractivity contribution in [2.45, 2.75) is 65.7 Å². The van der Waals surface area contributed by atoms with Gasteiger partial charge in [-0.2, -0.15) is 5.10 Å². The number of aryl methyl sites for hydroxylation is 2. The molecule has 0 amide bonds. The monoisotopic (exact) mass is 318 g/mol. The molecule has 0 aliphatic heterocycles. The number of ether oxygens (including phenoxy) is 1. The SMILES string of the molecule is CCCCCCCCCOc1nnc(-n2nc(C)cc2C)nn1. The molecule has 2 aromatic heterocycles. The van der Waals surface area contributed by atoms with Gasteiger partial charge in [0.25, 0.3) is 5.95 Å². The minimum atomic E-state index is 0.223. The molecule has 0 atom stereocenters.